The Hall–Kier alpha value is -2.33. The van der Waals surface area contributed by atoms with Crippen molar-refractivity contribution >= 4 is 6.09 Å². The Morgan fingerprint density at radius 1 is 1.08 bits per heavy atom. The van der Waals surface area contributed by atoms with Gasteiger partial charge in [-0.25, -0.2) is 4.79 Å². The number of carboxylic acid groups (broad SMARTS) is 1. The molecule has 0 aliphatic carbocycles. The highest BCUT2D eigenvalue weighted by atomic mass is 16.5. The largest absolute Gasteiger partial charge is 0.465 e. The first-order chi connectivity index (χ1) is 12.7. The Balaban J connectivity index is 1.75. The molecule has 1 amide bonds. The molecule has 1 unspecified atom stereocenters. The van der Waals surface area contributed by atoms with E-state index in [9.17, 15) is 4.79 Å². The molecule has 4 nitrogen and oxygen atoms in total. The van der Waals surface area contributed by atoms with E-state index in [1.54, 1.807) is 0 Å². The summed E-state index contributed by atoms with van der Waals surface area (Å²) in [6.07, 6.45) is 2.83. The lowest BCUT2D eigenvalue weighted by molar-refractivity contribution is -0.0240. The summed E-state index contributed by atoms with van der Waals surface area (Å²) in [6.45, 7) is 3.27. The van der Waals surface area contributed by atoms with Gasteiger partial charge in [0.15, 0.2) is 0 Å². The maximum Gasteiger partial charge on any atom is 0.407 e. The number of ether oxygens (including phenoxy) is 1. The lowest BCUT2D eigenvalue weighted by Crippen LogP contribution is -2.40. The average molecular weight is 353 g/mol. The van der Waals surface area contributed by atoms with Crippen LogP contribution in [-0.4, -0.2) is 35.3 Å². The van der Waals surface area contributed by atoms with Gasteiger partial charge in [0.25, 0.3) is 0 Å². The molecule has 0 radical (unpaired) electrons. The Labute approximate surface area is 155 Å². The minimum atomic E-state index is -0.838. The van der Waals surface area contributed by atoms with E-state index in [1.165, 1.54) is 10.5 Å². The molecule has 4 heteroatoms. The van der Waals surface area contributed by atoms with Gasteiger partial charge < -0.3 is 14.7 Å². The molecule has 138 valence electrons. The lowest BCUT2D eigenvalue weighted by atomic mass is 9.98. The second-order valence-corrected chi connectivity index (χ2v) is 6.89. The average Bonchev–Trinajstić information content (AvgIpc) is 2.68. The maximum atomic E-state index is 11.1. The molecule has 1 saturated heterocycles. The van der Waals surface area contributed by atoms with Gasteiger partial charge in [-0.1, -0.05) is 67.9 Å². The van der Waals surface area contributed by atoms with E-state index < -0.39 is 6.09 Å². The van der Waals surface area contributed by atoms with Crippen molar-refractivity contribution in [3.8, 4) is 0 Å². The number of carbonyl (C=O) groups is 1. The summed E-state index contributed by atoms with van der Waals surface area (Å²) in [7, 11) is 0. The van der Waals surface area contributed by atoms with Crippen LogP contribution in [0.5, 0.6) is 0 Å². The van der Waals surface area contributed by atoms with Crippen LogP contribution < -0.4 is 0 Å². The second kappa shape index (κ2) is 8.86. The zero-order valence-electron chi connectivity index (χ0n) is 15.3. The quantitative estimate of drug-likeness (QED) is 0.804. The highest BCUT2D eigenvalue weighted by Gasteiger charge is 2.26. The molecule has 26 heavy (non-hydrogen) atoms. The summed E-state index contributed by atoms with van der Waals surface area (Å²) < 4.78 is 6.47. The molecule has 2 aromatic rings. The Kier molecular flexibility index (Phi) is 6.29. The second-order valence-electron chi connectivity index (χ2n) is 6.89. The lowest BCUT2D eigenvalue weighted by Gasteiger charge is -2.33. The van der Waals surface area contributed by atoms with Crippen molar-refractivity contribution in [2.75, 3.05) is 13.1 Å². The van der Waals surface area contributed by atoms with Crippen LogP contribution in [0.2, 0.25) is 0 Å². The Bertz CT molecular complexity index is 691. The number of rotatable bonds is 6. The van der Waals surface area contributed by atoms with Crippen molar-refractivity contribution in [2.24, 2.45) is 0 Å². The summed E-state index contributed by atoms with van der Waals surface area (Å²) in [5, 5.41) is 9.12. The molecule has 1 N–H and O–H groups in total. The number of hydrogen-bond acceptors (Lipinski definition) is 2. The third kappa shape index (κ3) is 4.64. The third-order valence-corrected chi connectivity index (χ3v) is 4.96. The zero-order valence-corrected chi connectivity index (χ0v) is 15.3. The van der Waals surface area contributed by atoms with Crippen molar-refractivity contribution in [1.82, 2.24) is 4.90 Å². The number of amides is 1. The summed E-state index contributed by atoms with van der Waals surface area (Å²) >= 11 is 0. The third-order valence-electron chi connectivity index (χ3n) is 4.96. The van der Waals surface area contributed by atoms with Crippen LogP contribution in [0.15, 0.2) is 54.6 Å². The van der Waals surface area contributed by atoms with Crippen LogP contribution in [0.4, 0.5) is 4.79 Å². The summed E-state index contributed by atoms with van der Waals surface area (Å²) in [5.41, 5.74) is 3.63. The van der Waals surface area contributed by atoms with Gasteiger partial charge in [-0.3, -0.25) is 0 Å². The van der Waals surface area contributed by atoms with Crippen molar-refractivity contribution < 1.29 is 14.6 Å². The van der Waals surface area contributed by atoms with Crippen molar-refractivity contribution in [3.05, 3.63) is 71.3 Å². The number of likely N-dealkylation sites (tertiary alicyclic amines) is 1. The monoisotopic (exact) mass is 353 g/mol. The number of nitrogens with zero attached hydrogens (tertiary/aromatic N) is 1. The zero-order chi connectivity index (χ0) is 18.4. The summed E-state index contributed by atoms with van der Waals surface area (Å²) in [4.78, 5) is 12.6. The minimum absolute atomic E-state index is 0.0751. The Morgan fingerprint density at radius 2 is 1.69 bits per heavy atom. The van der Waals surface area contributed by atoms with Gasteiger partial charge in [0.05, 0.1) is 6.10 Å². The van der Waals surface area contributed by atoms with E-state index in [2.05, 4.69) is 43.3 Å². The molecule has 0 saturated carbocycles. The van der Waals surface area contributed by atoms with Crippen LogP contribution in [0.3, 0.4) is 0 Å². The van der Waals surface area contributed by atoms with Gasteiger partial charge >= 0.3 is 6.09 Å². The van der Waals surface area contributed by atoms with Gasteiger partial charge in [-0.05, 0) is 36.0 Å². The molecule has 0 spiro atoms. The van der Waals surface area contributed by atoms with E-state index >= 15 is 0 Å². The van der Waals surface area contributed by atoms with E-state index in [4.69, 9.17) is 9.84 Å². The van der Waals surface area contributed by atoms with E-state index in [1.807, 2.05) is 18.2 Å². The number of piperidine rings is 1. The van der Waals surface area contributed by atoms with Crippen LogP contribution in [0.25, 0.3) is 0 Å². The van der Waals surface area contributed by atoms with E-state index in [0.29, 0.717) is 13.1 Å². The van der Waals surface area contributed by atoms with Gasteiger partial charge in [-0.2, -0.15) is 0 Å². The molecule has 1 atom stereocenters. The maximum absolute atomic E-state index is 11.1. The standard InChI is InChI=1S/C22H27NO3/c1-2-6-17-9-11-19(12-10-17)21(18-7-4-3-5-8-18)26-20-13-15-23(16-14-20)22(24)25/h3-5,7-12,20-21H,2,6,13-16H2,1H3,(H,24,25). The highest BCUT2D eigenvalue weighted by molar-refractivity contribution is 5.65. The van der Waals surface area contributed by atoms with Gasteiger partial charge in [0.1, 0.15) is 6.10 Å². The molecule has 3 rings (SSSR count). The van der Waals surface area contributed by atoms with Crippen LogP contribution in [0, 0.1) is 0 Å². The van der Waals surface area contributed by atoms with Crippen molar-refractivity contribution in [3.63, 3.8) is 0 Å². The molecule has 0 aromatic heterocycles. The van der Waals surface area contributed by atoms with Crippen LogP contribution >= 0.6 is 0 Å². The number of aryl methyl sites for hydroxylation is 1. The van der Waals surface area contributed by atoms with E-state index in [-0.39, 0.29) is 12.2 Å². The molecule has 2 aromatic carbocycles. The number of hydrogen-bond donors (Lipinski definition) is 1. The summed E-state index contributed by atoms with van der Waals surface area (Å²) in [5.74, 6) is 0. The molecule has 1 aliphatic heterocycles. The van der Waals surface area contributed by atoms with Gasteiger partial charge in [-0.15, -0.1) is 0 Å². The minimum Gasteiger partial charge on any atom is -0.465 e. The van der Waals surface area contributed by atoms with Gasteiger partial charge in [0, 0.05) is 13.1 Å². The predicted molar refractivity (Wildman–Crippen MR) is 102 cm³/mol. The SMILES string of the molecule is CCCc1ccc(C(OC2CCN(C(=O)O)CC2)c2ccccc2)cc1. The van der Waals surface area contributed by atoms with Crippen molar-refractivity contribution in [2.45, 2.75) is 44.8 Å². The van der Waals surface area contributed by atoms with Crippen LogP contribution in [0.1, 0.15) is 49.0 Å². The molecular formula is C22H27NO3. The first kappa shape index (κ1) is 18.5. The first-order valence-electron chi connectivity index (χ1n) is 9.44. The summed E-state index contributed by atoms with van der Waals surface area (Å²) in [6, 6.07) is 19.0. The fourth-order valence-electron chi connectivity index (χ4n) is 3.50. The highest BCUT2D eigenvalue weighted by Crippen LogP contribution is 2.30. The Morgan fingerprint density at radius 3 is 2.27 bits per heavy atom. The molecular weight excluding hydrogens is 326 g/mol. The number of benzene rings is 2. The fourth-order valence-corrected chi connectivity index (χ4v) is 3.50. The topological polar surface area (TPSA) is 49.8 Å². The molecule has 1 fully saturated rings. The normalized spacial score (nSPS) is 16.4. The van der Waals surface area contributed by atoms with E-state index in [0.717, 1.165) is 36.8 Å². The fraction of sp³-hybridized carbons (Fsp3) is 0.409. The molecule has 1 aliphatic rings. The molecule has 1 heterocycles. The first-order valence-corrected chi connectivity index (χ1v) is 9.44. The van der Waals surface area contributed by atoms with Gasteiger partial charge in [0.2, 0.25) is 0 Å². The predicted octanol–water partition coefficient (Wildman–Crippen LogP) is 4.89. The van der Waals surface area contributed by atoms with Crippen LogP contribution in [-0.2, 0) is 11.2 Å². The molecule has 0 bridgehead atoms. The van der Waals surface area contributed by atoms with Crippen molar-refractivity contribution in [1.29, 1.82) is 0 Å². The smallest absolute Gasteiger partial charge is 0.407 e.